The van der Waals surface area contributed by atoms with Gasteiger partial charge in [0.25, 0.3) is 0 Å². The lowest BCUT2D eigenvalue weighted by Gasteiger charge is -2.46. The van der Waals surface area contributed by atoms with E-state index < -0.39 is 66.8 Å². The van der Waals surface area contributed by atoms with Crippen molar-refractivity contribution in [1.29, 1.82) is 0 Å². The first-order chi connectivity index (χ1) is 15.5. The molecule has 0 bridgehead atoms. The number of aliphatic carboxylic acids is 1. The molecule has 12 nitrogen and oxygen atoms in total. The normalized spacial score (nSPS) is 27.0. The molecular weight excluding hydrogens is 442 g/mol. The molecule has 0 spiro atoms. The molecule has 3 rings (SSSR count). The minimum atomic E-state index is -2.55. The second-order valence-corrected chi connectivity index (χ2v) is 7.89. The maximum absolute atomic E-state index is 12.2. The summed E-state index contributed by atoms with van der Waals surface area (Å²) in [4.78, 5) is 35.5. The van der Waals surface area contributed by atoms with Crippen LogP contribution in [0.4, 0.5) is 0 Å². The van der Waals surface area contributed by atoms with Crippen LogP contribution in [0.2, 0.25) is 0 Å². The van der Waals surface area contributed by atoms with Gasteiger partial charge in [-0.25, -0.2) is 9.59 Å². The number of carbonyl (C=O) groups excluding carboxylic acids is 1. The van der Waals surface area contributed by atoms with Gasteiger partial charge in [0.2, 0.25) is 5.91 Å². The highest BCUT2D eigenvalue weighted by atomic mass is 16.7. The van der Waals surface area contributed by atoms with Gasteiger partial charge in [0, 0.05) is 24.4 Å². The first kappa shape index (κ1) is 24.6. The van der Waals surface area contributed by atoms with Crippen LogP contribution in [-0.4, -0.2) is 80.3 Å². The summed E-state index contributed by atoms with van der Waals surface area (Å²) in [6.45, 7) is 1.94. The van der Waals surface area contributed by atoms with Crippen molar-refractivity contribution < 1.29 is 49.0 Å². The molecular formula is C21H25NO11. The maximum Gasteiger partial charge on any atom is 0.377 e. The van der Waals surface area contributed by atoms with E-state index >= 15 is 0 Å². The maximum atomic E-state index is 12.2. The van der Waals surface area contributed by atoms with Gasteiger partial charge in [-0.05, 0) is 24.6 Å². The topological polar surface area (TPSA) is 196 Å². The molecule has 1 aromatic heterocycles. The molecule has 1 aliphatic rings. The standard InChI is InChI=1S/C21H25NO11/c1-9-5-16(27)31-15-6-11(3-4-12(9)15)32-21(20(29)30)7-13(25)17(22-10(2)24)19(33-21)18(28)14(26)8-23/h3-6,13-14,17-19,23,25-26,28H,7-8H2,1-2H3,(H,22,24)(H,29,30)/t13-,14+,17-,18+,19+,21+/m0/s1. The second-order valence-electron chi connectivity index (χ2n) is 7.89. The zero-order valence-electron chi connectivity index (χ0n) is 17.8. The molecule has 0 radical (unpaired) electrons. The summed E-state index contributed by atoms with van der Waals surface area (Å²) in [5.74, 6) is -4.90. The highest BCUT2D eigenvalue weighted by molar-refractivity contribution is 5.82. The summed E-state index contributed by atoms with van der Waals surface area (Å²) in [5, 5.41) is 53.0. The Morgan fingerprint density at radius 1 is 1.30 bits per heavy atom. The zero-order chi connectivity index (χ0) is 24.5. The van der Waals surface area contributed by atoms with Gasteiger partial charge in [-0.2, -0.15) is 0 Å². The Hall–Kier alpha value is -3.03. The molecule has 180 valence electrons. The van der Waals surface area contributed by atoms with E-state index in [1.165, 1.54) is 18.2 Å². The molecule has 12 heteroatoms. The van der Waals surface area contributed by atoms with Crippen LogP contribution in [0, 0.1) is 6.92 Å². The Kier molecular flexibility index (Phi) is 7.05. The van der Waals surface area contributed by atoms with Crippen molar-refractivity contribution in [3.63, 3.8) is 0 Å². The van der Waals surface area contributed by atoms with Gasteiger partial charge in [0.05, 0.1) is 25.2 Å². The molecule has 6 atom stereocenters. The predicted molar refractivity (Wildman–Crippen MR) is 110 cm³/mol. The van der Waals surface area contributed by atoms with Gasteiger partial charge in [-0.3, -0.25) is 4.79 Å². The number of aliphatic hydroxyl groups is 4. The van der Waals surface area contributed by atoms with Gasteiger partial charge >= 0.3 is 17.4 Å². The average molecular weight is 467 g/mol. The summed E-state index contributed by atoms with van der Waals surface area (Å²) < 4.78 is 16.3. The highest BCUT2D eigenvalue weighted by Crippen LogP contribution is 2.35. The molecule has 1 aliphatic heterocycles. The van der Waals surface area contributed by atoms with Crippen molar-refractivity contribution in [3.8, 4) is 5.75 Å². The highest BCUT2D eigenvalue weighted by Gasteiger charge is 2.56. The monoisotopic (exact) mass is 467 g/mol. The van der Waals surface area contributed by atoms with E-state index in [-0.39, 0.29) is 11.3 Å². The lowest BCUT2D eigenvalue weighted by atomic mass is 9.88. The Balaban J connectivity index is 2.01. The third-order valence-electron chi connectivity index (χ3n) is 5.39. The molecule has 0 aliphatic carbocycles. The first-order valence-corrected chi connectivity index (χ1v) is 10.0. The Morgan fingerprint density at radius 2 is 2.00 bits per heavy atom. The molecule has 33 heavy (non-hydrogen) atoms. The smallest absolute Gasteiger partial charge is 0.377 e. The fraction of sp³-hybridized carbons (Fsp3) is 0.476. The molecule has 1 fully saturated rings. The number of rotatable bonds is 7. The molecule has 2 heterocycles. The predicted octanol–water partition coefficient (Wildman–Crippen LogP) is -1.37. The number of carboxylic acids is 1. The van der Waals surface area contributed by atoms with Crippen molar-refractivity contribution in [2.24, 2.45) is 0 Å². The number of benzene rings is 1. The number of carbonyl (C=O) groups is 2. The van der Waals surface area contributed by atoms with E-state index in [1.54, 1.807) is 13.0 Å². The van der Waals surface area contributed by atoms with Gasteiger partial charge in [-0.15, -0.1) is 0 Å². The number of amides is 1. The largest absolute Gasteiger partial charge is 0.476 e. The number of aliphatic hydroxyl groups excluding tert-OH is 4. The quantitative estimate of drug-likeness (QED) is 0.263. The third-order valence-corrected chi connectivity index (χ3v) is 5.39. The average Bonchev–Trinajstić information content (AvgIpc) is 2.73. The molecule has 1 amide bonds. The first-order valence-electron chi connectivity index (χ1n) is 10.0. The van der Waals surface area contributed by atoms with Gasteiger partial charge in [0.1, 0.15) is 29.6 Å². The van der Waals surface area contributed by atoms with Crippen molar-refractivity contribution in [1.82, 2.24) is 5.32 Å². The van der Waals surface area contributed by atoms with Gasteiger partial charge in [-0.1, -0.05) is 0 Å². The van der Waals surface area contributed by atoms with E-state index in [0.29, 0.717) is 10.9 Å². The number of ether oxygens (including phenoxy) is 2. The van der Waals surface area contributed by atoms with Crippen LogP contribution in [0.3, 0.4) is 0 Å². The van der Waals surface area contributed by atoms with E-state index in [9.17, 15) is 39.9 Å². The molecule has 6 N–H and O–H groups in total. The van der Waals surface area contributed by atoms with Gasteiger partial charge < -0.3 is 44.7 Å². The summed E-state index contributed by atoms with van der Waals surface area (Å²) in [7, 11) is 0. The fourth-order valence-corrected chi connectivity index (χ4v) is 3.79. The Labute approximate surface area is 187 Å². The van der Waals surface area contributed by atoms with Crippen LogP contribution < -0.4 is 15.7 Å². The minimum absolute atomic E-state index is 0.0835. The van der Waals surface area contributed by atoms with Gasteiger partial charge in [0.15, 0.2) is 0 Å². The fourth-order valence-electron chi connectivity index (χ4n) is 3.79. The zero-order valence-corrected chi connectivity index (χ0v) is 17.8. The molecule has 2 aromatic rings. The van der Waals surface area contributed by atoms with Crippen LogP contribution in [0.5, 0.6) is 5.75 Å². The second kappa shape index (κ2) is 9.45. The van der Waals surface area contributed by atoms with Crippen LogP contribution in [0.25, 0.3) is 11.0 Å². The van der Waals surface area contributed by atoms with Crippen LogP contribution in [-0.2, 0) is 14.3 Å². The number of hydrogen-bond acceptors (Lipinski definition) is 10. The molecule has 0 saturated carbocycles. The number of aryl methyl sites for hydroxylation is 1. The summed E-state index contributed by atoms with van der Waals surface area (Å²) in [6, 6.07) is 4.21. The van der Waals surface area contributed by atoms with E-state index in [1.807, 2.05) is 0 Å². The van der Waals surface area contributed by atoms with Crippen molar-refractivity contribution in [2.45, 2.75) is 56.5 Å². The van der Waals surface area contributed by atoms with E-state index in [4.69, 9.17) is 13.9 Å². The molecule has 0 unspecified atom stereocenters. The number of carboxylic acid groups (broad SMARTS) is 1. The van der Waals surface area contributed by atoms with Crippen LogP contribution in [0.1, 0.15) is 18.9 Å². The Bertz CT molecular complexity index is 1100. The Morgan fingerprint density at radius 3 is 2.61 bits per heavy atom. The summed E-state index contributed by atoms with van der Waals surface area (Å²) in [5.41, 5.74) is 0.135. The molecule has 1 aromatic carbocycles. The summed E-state index contributed by atoms with van der Waals surface area (Å²) >= 11 is 0. The van der Waals surface area contributed by atoms with Crippen molar-refractivity contribution in [3.05, 3.63) is 40.2 Å². The number of nitrogens with one attached hydrogen (secondary N) is 1. The minimum Gasteiger partial charge on any atom is -0.476 e. The molecule has 1 saturated heterocycles. The SMILES string of the molecule is CC(=O)N[C@@H]1[C@H]([C@H](O)[C@H](O)CO)O[C@@](Oc2ccc3c(C)cc(=O)oc3c2)(C(=O)O)C[C@@H]1O. The lowest BCUT2D eigenvalue weighted by Crippen LogP contribution is -2.68. The van der Waals surface area contributed by atoms with Crippen molar-refractivity contribution in [2.75, 3.05) is 6.61 Å². The van der Waals surface area contributed by atoms with Crippen LogP contribution >= 0.6 is 0 Å². The number of hydrogen-bond donors (Lipinski definition) is 6. The number of fused-ring (bicyclic) bond motifs is 1. The third kappa shape index (κ3) is 4.99. The van der Waals surface area contributed by atoms with E-state index in [2.05, 4.69) is 5.32 Å². The van der Waals surface area contributed by atoms with Crippen LogP contribution in [0.15, 0.2) is 33.5 Å². The van der Waals surface area contributed by atoms with E-state index in [0.717, 1.165) is 6.92 Å². The summed E-state index contributed by atoms with van der Waals surface area (Å²) in [6.07, 6.45) is -7.56. The lowest BCUT2D eigenvalue weighted by molar-refractivity contribution is -0.284. The van der Waals surface area contributed by atoms with Crippen molar-refractivity contribution >= 4 is 22.8 Å².